The van der Waals surface area contributed by atoms with Crippen LogP contribution in [0.3, 0.4) is 0 Å². The van der Waals surface area contributed by atoms with Gasteiger partial charge in [0.2, 0.25) is 5.91 Å². The monoisotopic (exact) mass is 279 g/mol. The standard InChI is InChI=1S/C13H14FN3O3/c1-7(18)16-13(2,3)12-15-11(20-17-12)9-5-4-8(14)6-10(9)19/h4-6,19H,1-3H3,(H,16,18). The number of nitrogens with zero attached hydrogens (tertiary/aromatic N) is 2. The lowest BCUT2D eigenvalue weighted by Crippen LogP contribution is -2.40. The topological polar surface area (TPSA) is 88.2 Å². The maximum absolute atomic E-state index is 12.9. The number of phenolic OH excluding ortho intramolecular Hbond substituents is 1. The van der Waals surface area contributed by atoms with E-state index in [0.717, 1.165) is 6.07 Å². The Hall–Kier alpha value is -2.44. The van der Waals surface area contributed by atoms with Gasteiger partial charge in [0, 0.05) is 13.0 Å². The molecular formula is C13H14FN3O3. The van der Waals surface area contributed by atoms with Gasteiger partial charge in [-0.2, -0.15) is 4.98 Å². The summed E-state index contributed by atoms with van der Waals surface area (Å²) in [6.45, 7) is 4.82. The van der Waals surface area contributed by atoms with Gasteiger partial charge in [0.25, 0.3) is 5.89 Å². The number of carbonyl (C=O) groups is 1. The minimum Gasteiger partial charge on any atom is -0.507 e. The predicted octanol–water partition coefficient (Wildman–Crippen LogP) is 1.95. The molecule has 2 rings (SSSR count). The van der Waals surface area contributed by atoms with E-state index in [1.165, 1.54) is 19.1 Å². The molecule has 1 aromatic carbocycles. The first kappa shape index (κ1) is 14.0. The number of hydrogen-bond acceptors (Lipinski definition) is 5. The number of nitrogens with one attached hydrogen (secondary N) is 1. The van der Waals surface area contributed by atoms with E-state index in [4.69, 9.17) is 4.52 Å². The molecule has 106 valence electrons. The summed E-state index contributed by atoms with van der Waals surface area (Å²) in [7, 11) is 0. The van der Waals surface area contributed by atoms with Gasteiger partial charge in [-0.1, -0.05) is 5.16 Å². The summed E-state index contributed by atoms with van der Waals surface area (Å²) < 4.78 is 18.0. The summed E-state index contributed by atoms with van der Waals surface area (Å²) >= 11 is 0. The zero-order valence-electron chi connectivity index (χ0n) is 11.3. The number of amides is 1. The number of rotatable bonds is 3. The second kappa shape index (κ2) is 4.92. The van der Waals surface area contributed by atoms with Crippen molar-refractivity contribution in [2.45, 2.75) is 26.3 Å². The Morgan fingerprint density at radius 3 is 2.75 bits per heavy atom. The van der Waals surface area contributed by atoms with Crippen LogP contribution >= 0.6 is 0 Å². The summed E-state index contributed by atoms with van der Waals surface area (Å²) in [5.41, 5.74) is -0.591. The Labute approximate surface area is 114 Å². The number of aromatic nitrogens is 2. The van der Waals surface area contributed by atoms with Crippen molar-refractivity contribution < 1.29 is 18.8 Å². The van der Waals surface area contributed by atoms with Crippen LogP contribution in [0.15, 0.2) is 22.7 Å². The number of hydrogen-bond donors (Lipinski definition) is 2. The van der Waals surface area contributed by atoms with Gasteiger partial charge in [0.1, 0.15) is 11.6 Å². The lowest BCUT2D eigenvalue weighted by atomic mass is 10.1. The minimum absolute atomic E-state index is 0.0518. The second-order valence-corrected chi connectivity index (χ2v) is 4.89. The maximum Gasteiger partial charge on any atom is 0.261 e. The van der Waals surface area contributed by atoms with Gasteiger partial charge in [0.15, 0.2) is 5.82 Å². The van der Waals surface area contributed by atoms with E-state index in [0.29, 0.717) is 0 Å². The van der Waals surface area contributed by atoms with Gasteiger partial charge in [-0.15, -0.1) is 0 Å². The van der Waals surface area contributed by atoms with Crippen LogP contribution in [0.2, 0.25) is 0 Å². The summed E-state index contributed by atoms with van der Waals surface area (Å²) in [6.07, 6.45) is 0. The van der Waals surface area contributed by atoms with Gasteiger partial charge < -0.3 is 14.9 Å². The molecule has 0 saturated carbocycles. The van der Waals surface area contributed by atoms with Gasteiger partial charge in [-0.25, -0.2) is 4.39 Å². The molecule has 2 N–H and O–H groups in total. The molecule has 0 bridgehead atoms. The van der Waals surface area contributed by atoms with Crippen LogP contribution in [0, 0.1) is 5.82 Å². The van der Waals surface area contributed by atoms with E-state index in [9.17, 15) is 14.3 Å². The molecule has 1 amide bonds. The minimum atomic E-state index is -0.816. The smallest absolute Gasteiger partial charge is 0.261 e. The highest BCUT2D eigenvalue weighted by Gasteiger charge is 2.28. The van der Waals surface area contributed by atoms with Crippen LogP contribution in [-0.2, 0) is 10.3 Å². The summed E-state index contributed by atoms with van der Waals surface area (Å²) in [4.78, 5) is 15.2. The zero-order valence-corrected chi connectivity index (χ0v) is 11.3. The fraction of sp³-hybridized carbons (Fsp3) is 0.308. The highest BCUT2D eigenvalue weighted by atomic mass is 19.1. The summed E-state index contributed by atoms with van der Waals surface area (Å²) in [6, 6.07) is 3.48. The Bertz CT molecular complexity index is 652. The molecule has 0 saturated heterocycles. The van der Waals surface area contributed by atoms with Gasteiger partial charge in [-0.3, -0.25) is 4.79 Å². The van der Waals surface area contributed by atoms with E-state index in [1.807, 2.05) is 0 Å². The van der Waals surface area contributed by atoms with Crippen LogP contribution in [0.5, 0.6) is 5.75 Å². The van der Waals surface area contributed by atoms with Crippen molar-refractivity contribution in [3.63, 3.8) is 0 Å². The third-order valence-corrected chi connectivity index (χ3v) is 2.66. The lowest BCUT2D eigenvalue weighted by molar-refractivity contribution is -0.120. The fourth-order valence-corrected chi connectivity index (χ4v) is 1.77. The molecular weight excluding hydrogens is 265 g/mol. The largest absolute Gasteiger partial charge is 0.507 e. The van der Waals surface area contributed by atoms with Gasteiger partial charge in [-0.05, 0) is 26.0 Å². The number of benzene rings is 1. The molecule has 0 aliphatic rings. The quantitative estimate of drug-likeness (QED) is 0.896. The number of carbonyl (C=O) groups excluding carboxylic acids is 1. The van der Waals surface area contributed by atoms with E-state index in [-0.39, 0.29) is 28.9 Å². The SMILES string of the molecule is CC(=O)NC(C)(C)c1noc(-c2ccc(F)cc2O)n1. The molecule has 7 heteroatoms. The van der Waals surface area contributed by atoms with Crippen molar-refractivity contribution in [2.75, 3.05) is 0 Å². The molecule has 0 spiro atoms. The maximum atomic E-state index is 12.9. The Morgan fingerprint density at radius 2 is 2.15 bits per heavy atom. The first-order valence-corrected chi connectivity index (χ1v) is 5.91. The number of halogens is 1. The Kier molecular flexibility index (Phi) is 3.44. The molecule has 0 radical (unpaired) electrons. The molecule has 2 aromatic rings. The van der Waals surface area contributed by atoms with Crippen molar-refractivity contribution in [1.82, 2.24) is 15.5 Å². The fourth-order valence-electron chi connectivity index (χ4n) is 1.77. The van der Waals surface area contributed by atoms with Gasteiger partial charge in [0.05, 0.1) is 11.1 Å². The Balaban J connectivity index is 2.35. The molecule has 0 aliphatic carbocycles. The number of aromatic hydroxyl groups is 1. The summed E-state index contributed by atoms with van der Waals surface area (Å²) in [5.74, 6) is -0.782. The third-order valence-electron chi connectivity index (χ3n) is 2.66. The van der Waals surface area contributed by atoms with Crippen LogP contribution in [0.25, 0.3) is 11.5 Å². The molecule has 20 heavy (non-hydrogen) atoms. The van der Waals surface area contributed by atoms with Crippen molar-refractivity contribution in [3.8, 4) is 17.2 Å². The van der Waals surface area contributed by atoms with Crippen LogP contribution < -0.4 is 5.32 Å². The van der Waals surface area contributed by atoms with Crippen molar-refractivity contribution in [3.05, 3.63) is 29.8 Å². The zero-order chi connectivity index (χ0) is 14.9. The Morgan fingerprint density at radius 1 is 1.45 bits per heavy atom. The van der Waals surface area contributed by atoms with E-state index < -0.39 is 11.4 Å². The first-order valence-electron chi connectivity index (χ1n) is 5.91. The normalized spacial score (nSPS) is 11.4. The molecule has 0 atom stereocenters. The van der Waals surface area contributed by atoms with Crippen molar-refractivity contribution in [2.24, 2.45) is 0 Å². The average molecular weight is 279 g/mol. The molecule has 0 fully saturated rings. The van der Waals surface area contributed by atoms with E-state index in [2.05, 4.69) is 15.5 Å². The highest BCUT2D eigenvalue weighted by Crippen LogP contribution is 2.29. The van der Waals surface area contributed by atoms with Crippen molar-refractivity contribution >= 4 is 5.91 Å². The van der Waals surface area contributed by atoms with Crippen LogP contribution in [0.4, 0.5) is 4.39 Å². The predicted molar refractivity (Wildman–Crippen MR) is 68.2 cm³/mol. The lowest BCUT2D eigenvalue weighted by Gasteiger charge is -2.20. The molecule has 0 aliphatic heterocycles. The van der Waals surface area contributed by atoms with E-state index >= 15 is 0 Å². The molecule has 1 aromatic heterocycles. The highest BCUT2D eigenvalue weighted by molar-refractivity contribution is 5.73. The first-order chi connectivity index (χ1) is 9.29. The second-order valence-electron chi connectivity index (χ2n) is 4.89. The van der Waals surface area contributed by atoms with Crippen LogP contribution in [-0.4, -0.2) is 21.2 Å². The number of phenols is 1. The molecule has 0 unspecified atom stereocenters. The molecule has 6 nitrogen and oxygen atoms in total. The van der Waals surface area contributed by atoms with Crippen LogP contribution in [0.1, 0.15) is 26.6 Å². The van der Waals surface area contributed by atoms with Crippen molar-refractivity contribution in [1.29, 1.82) is 0 Å². The summed E-state index contributed by atoms with van der Waals surface area (Å²) in [5, 5.41) is 16.1. The third kappa shape index (κ3) is 2.76. The van der Waals surface area contributed by atoms with Gasteiger partial charge >= 0.3 is 0 Å². The molecule has 1 heterocycles. The average Bonchev–Trinajstić information content (AvgIpc) is 2.77. The van der Waals surface area contributed by atoms with E-state index in [1.54, 1.807) is 13.8 Å².